The van der Waals surface area contributed by atoms with Gasteiger partial charge in [0.2, 0.25) is 5.88 Å². The van der Waals surface area contributed by atoms with Crippen molar-refractivity contribution >= 4 is 51.4 Å². The molecule has 0 aliphatic heterocycles. The van der Waals surface area contributed by atoms with Gasteiger partial charge in [0.25, 0.3) is 0 Å². The van der Waals surface area contributed by atoms with E-state index in [0.717, 1.165) is 22.4 Å². The lowest BCUT2D eigenvalue weighted by atomic mass is 10.0. The molecule has 3 aromatic rings. The maximum Gasteiger partial charge on any atom is 0.230 e. The fraction of sp³-hybridized carbons (Fsp3) is 0. The summed E-state index contributed by atoms with van der Waals surface area (Å²) in [4.78, 5) is 0. The summed E-state index contributed by atoms with van der Waals surface area (Å²) in [6.45, 7) is 0. The molecule has 0 atom stereocenters. The van der Waals surface area contributed by atoms with E-state index in [1.165, 1.54) is 2.88 Å². The molecule has 0 aliphatic carbocycles. The molecule has 0 unspecified atom stereocenters. The minimum atomic E-state index is 0.282. The predicted molar refractivity (Wildman–Crippen MR) is 87.4 cm³/mol. The highest BCUT2D eigenvalue weighted by Gasteiger charge is 2.19. The van der Waals surface area contributed by atoms with Gasteiger partial charge in [0.1, 0.15) is 5.69 Å². The summed E-state index contributed by atoms with van der Waals surface area (Å²) in [6.07, 6.45) is 0. The molecule has 2 aromatic heterocycles. The number of hydrogen-bond donors (Lipinski definition) is 1. The van der Waals surface area contributed by atoms with Gasteiger partial charge in [-0.15, -0.1) is 11.3 Å². The first kappa shape index (κ1) is 13.0. The molecule has 0 fully saturated rings. The zero-order chi connectivity index (χ0) is 13.4. The fourth-order valence-corrected chi connectivity index (χ4v) is 3.42. The molecule has 1 aromatic carbocycles. The molecular weight excluding hydrogens is 395 g/mol. The standard InChI is InChI=1S/C13H8ClIN2OS/c14-9-4-2-1-3-8(9)11-12(17-18-13(11)16)7-5-10(15)19-6-7/h1-6H,16H2. The van der Waals surface area contributed by atoms with Crippen LogP contribution in [-0.4, -0.2) is 5.16 Å². The molecule has 2 heterocycles. The van der Waals surface area contributed by atoms with E-state index in [1.807, 2.05) is 35.7 Å². The van der Waals surface area contributed by atoms with Gasteiger partial charge >= 0.3 is 0 Å². The molecule has 0 saturated carbocycles. The van der Waals surface area contributed by atoms with Gasteiger partial charge in [-0.1, -0.05) is 35.0 Å². The third-order valence-corrected chi connectivity index (χ3v) is 4.82. The Morgan fingerprint density at radius 1 is 1.32 bits per heavy atom. The van der Waals surface area contributed by atoms with Gasteiger partial charge in [0.15, 0.2) is 0 Å². The number of nitrogens with two attached hydrogens (primary N) is 1. The smallest absolute Gasteiger partial charge is 0.230 e. The number of nitrogen functional groups attached to an aromatic ring is 1. The van der Waals surface area contributed by atoms with E-state index in [0.29, 0.717) is 5.02 Å². The molecule has 2 N–H and O–H groups in total. The number of thiophene rings is 1. The molecule has 0 saturated heterocycles. The van der Waals surface area contributed by atoms with Crippen molar-refractivity contribution in [2.45, 2.75) is 0 Å². The number of rotatable bonds is 2. The van der Waals surface area contributed by atoms with Crippen molar-refractivity contribution in [2.75, 3.05) is 5.73 Å². The highest BCUT2D eigenvalue weighted by Crippen LogP contribution is 2.40. The quantitative estimate of drug-likeness (QED) is 0.620. The second kappa shape index (κ2) is 5.15. The van der Waals surface area contributed by atoms with Crippen LogP contribution in [0.2, 0.25) is 5.02 Å². The number of anilines is 1. The minimum absolute atomic E-state index is 0.282. The Kier molecular flexibility index (Phi) is 3.51. The lowest BCUT2D eigenvalue weighted by Crippen LogP contribution is -1.87. The van der Waals surface area contributed by atoms with Crippen LogP contribution in [0.1, 0.15) is 0 Å². The van der Waals surface area contributed by atoms with Crippen LogP contribution in [-0.2, 0) is 0 Å². The van der Waals surface area contributed by atoms with E-state index < -0.39 is 0 Å². The zero-order valence-electron chi connectivity index (χ0n) is 9.56. The van der Waals surface area contributed by atoms with Crippen molar-refractivity contribution < 1.29 is 4.52 Å². The molecule has 3 rings (SSSR count). The third-order valence-electron chi connectivity index (χ3n) is 2.70. The maximum atomic E-state index is 6.23. The van der Waals surface area contributed by atoms with Crippen LogP contribution in [0.25, 0.3) is 22.4 Å². The highest BCUT2D eigenvalue weighted by atomic mass is 127. The Balaban J connectivity index is 2.22. The molecule has 6 heteroatoms. The van der Waals surface area contributed by atoms with Crippen molar-refractivity contribution in [1.29, 1.82) is 0 Å². The average molecular weight is 403 g/mol. The van der Waals surface area contributed by atoms with E-state index >= 15 is 0 Å². The van der Waals surface area contributed by atoms with Crippen LogP contribution in [0.5, 0.6) is 0 Å². The topological polar surface area (TPSA) is 52.0 Å². The second-order valence-electron chi connectivity index (χ2n) is 3.89. The summed E-state index contributed by atoms with van der Waals surface area (Å²) in [6, 6.07) is 9.57. The molecule has 0 radical (unpaired) electrons. The van der Waals surface area contributed by atoms with Crippen molar-refractivity contribution in [2.24, 2.45) is 0 Å². The second-order valence-corrected chi connectivity index (χ2v) is 7.10. The molecule has 19 heavy (non-hydrogen) atoms. The number of halogens is 2. The predicted octanol–water partition coefficient (Wildman–Crippen LogP) is 4.91. The van der Waals surface area contributed by atoms with Crippen molar-refractivity contribution in [3.05, 3.63) is 43.6 Å². The first-order valence-electron chi connectivity index (χ1n) is 5.41. The summed E-state index contributed by atoms with van der Waals surface area (Å²) < 4.78 is 6.32. The Morgan fingerprint density at radius 3 is 2.79 bits per heavy atom. The average Bonchev–Trinajstić information content (AvgIpc) is 2.96. The van der Waals surface area contributed by atoms with Gasteiger partial charge in [-0.2, -0.15) is 0 Å². The molecule has 96 valence electrons. The highest BCUT2D eigenvalue weighted by molar-refractivity contribution is 14.1. The minimum Gasteiger partial charge on any atom is -0.367 e. The largest absolute Gasteiger partial charge is 0.367 e. The molecule has 0 amide bonds. The lowest BCUT2D eigenvalue weighted by molar-refractivity contribution is 0.439. The molecule has 0 bridgehead atoms. The van der Waals surface area contributed by atoms with E-state index in [4.69, 9.17) is 21.9 Å². The molecular formula is C13H8ClIN2OS. The monoisotopic (exact) mass is 402 g/mol. The van der Waals surface area contributed by atoms with Crippen LogP contribution in [0, 0.1) is 2.88 Å². The zero-order valence-corrected chi connectivity index (χ0v) is 13.3. The number of nitrogens with zero attached hydrogens (tertiary/aromatic N) is 1. The van der Waals surface area contributed by atoms with Crippen molar-refractivity contribution in [1.82, 2.24) is 5.16 Å². The van der Waals surface area contributed by atoms with Crippen LogP contribution in [0.15, 0.2) is 40.2 Å². The Bertz CT molecular complexity index is 738. The van der Waals surface area contributed by atoms with Gasteiger partial charge in [-0.25, -0.2) is 0 Å². The summed E-state index contributed by atoms with van der Waals surface area (Å²) >= 11 is 10.1. The SMILES string of the molecule is Nc1onc(-c2csc(I)c2)c1-c1ccccc1Cl. The first-order valence-corrected chi connectivity index (χ1v) is 7.75. The van der Waals surface area contributed by atoms with E-state index in [9.17, 15) is 0 Å². The van der Waals surface area contributed by atoms with E-state index in [1.54, 1.807) is 11.3 Å². The Labute approximate surface area is 132 Å². The number of aromatic nitrogens is 1. The lowest BCUT2D eigenvalue weighted by Gasteiger charge is -2.03. The first-order chi connectivity index (χ1) is 9.16. The van der Waals surface area contributed by atoms with E-state index in [2.05, 4.69) is 27.7 Å². The van der Waals surface area contributed by atoms with E-state index in [-0.39, 0.29) is 5.88 Å². The third kappa shape index (κ3) is 2.37. The van der Waals surface area contributed by atoms with Crippen LogP contribution >= 0.6 is 45.5 Å². The van der Waals surface area contributed by atoms with Crippen LogP contribution < -0.4 is 5.73 Å². The van der Waals surface area contributed by atoms with Gasteiger partial charge in [0, 0.05) is 21.5 Å². The van der Waals surface area contributed by atoms with Gasteiger partial charge in [-0.05, 0) is 34.7 Å². The summed E-state index contributed by atoms with van der Waals surface area (Å²) in [7, 11) is 0. The van der Waals surface area contributed by atoms with Gasteiger partial charge in [-0.3, -0.25) is 0 Å². The van der Waals surface area contributed by atoms with Crippen molar-refractivity contribution in [3.8, 4) is 22.4 Å². The number of hydrogen-bond acceptors (Lipinski definition) is 4. The summed E-state index contributed by atoms with van der Waals surface area (Å²) in [5.41, 5.74) is 9.20. The van der Waals surface area contributed by atoms with Crippen LogP contribution in [0.4, 0.5) is 5.88 Å². The van der Waals surface area contributed by atoms with Gasteiger partial charge < -0.3 is 10.3 Å². The molecule has 0 aliphatic rings. The van der Waals surface area contributed by atoms with Gasteiger partial charge in [0.05, 0.1) is 8.45 Å². The number of benzene rings is 1. The molecule has 0 spiro atoms. The van der Waals surface area contributed by atoms with Crippen LogP contribution in [0.3, 0.4) is 0 Å². The normalized spacial score (nSPS) is 10.8. The maximum absolute atomic E-state index is 6.23. The summed E-state index contributed by atoms with van der Waals surface area (Å²) in [5.74, 6) is 0.282. The fourth-order valence-electron chi connectivity index (χ4n) is 1.86. The van der Waals surface area contributed by atoms with Crippen molar-refractivity contribution in [3.63, 3.8) is 0 Å². The Morgan fingerprint density at radius 2 is 2.11 bits per heavy atom. The summed E-state index contributed by atoms with van der Waals surface area (Å²) in [5, 5.41) is 6.72. The Hall–Kier alpha value is -1.05. The molecule has 3 nitrogen and oxygen atoms in total.